The van der Waals surface area contributed by atoms with Gasteiger partial charge in [0.25, 0.3) is 0 Å². The Morgan fingerprint density at radius 2 is 1.88 bits per heavy atom. The average molecular weight is 229 g/mol. The van der Waals surface area contributed by atoms with Crippen LogP contribution in [0.25, 0.3) is 0 Å². The van der Waals surface area contributed by atoms with Crippen molar-refractivity contribution in [1.82, 2.24) is 10.6 Å². The third kappa shape index (κ3) is 7.23. The molecule has 0 spiro atoms. The zero-order chi connectivity index (χ0) is 12.4. The summed E-state index contributed by atoms with van der Waals surface area (Å²) in [4.78, 5) is 22.2. The Kier molecular flexibility index (Phi) is 8.52. The van der Waals surface area contributed by atoms with Gasteiger partial charge in [0.1, 0.15) is 0 Å². The van der Waals surface area contributed by atoms with Crippen molar-refractivity contribution in [3.8, 4) is 0 Å². The maximum atomic E-state index is 11.3. The Morgan fingerprint density at radius 3 is 2.44 bits per heavy atom. The molecule has 0 saturated carbocycles. The lowest BCUT2D eigenvalue weighted by atomic mass is 10.1. The van der Waals surface area contributed by atoms with E-state index in [-0.39, 0.29) is 11.8 Å². The zero-order valence-electron chi connectivity index (χ0n) is 10.2. The number of hydrogen-bond donors (Lipinski definition) is 3. The maximum absolute atomic E-state index is 11.3. The fourth-order valence-electron chi connectivity index (χ4n) is 1.28. The van der Waals surface area contributed by atoms with Crippen molar-refractivity contribution < 1.29 is 9.59 Å². The van der Waals surface area contributed by atoms with Gasteiger partial charge in [-0.2, -0.15) is 0 Å². The van der Waals surface area contributed by atoms with E-state index in [1.165, 1.54) is 0 Å². The molecule has 0 rings (SSSR count). The van der Waals surface area contributed by atoms with Gasteiger partial charge in [0, 0.05) is 19.5 Å². The molecule has 0 aliphatic rings. The predicted octanol–water partition coefficient (Wildman–Crippen LogP) is 0.146. The van der Waals surface area contributed by atoms with E-state index in [1.54, 1.807) is 0 Å². The molecule has 0 saturated heterocycles. The Balaban J connectivity index is 3.44. The topological polar surface area (TPSA) is 84.2 Å². The van der Waals surface area contributed by atoms with Gasteiger partial charge in [0.15, 0.2) is 0 Å². The monoisotopic (exact) mass is 229 g/mol. The number of likely N-dealkylation sites (N-methyl/N-ethyl adjacent to an activating group) is 1. The van der Waals surface area contributed by atoms with Crippen molar-refractivity contribution in [3.05, 3.63) is 0 Å². The number of unbranched alkanes of at least 4 members (excludes halogenated alkanes) is 1. The van der Waals surface area contributed by atoms with Crippen molar-refractivity contribution >= 4 is 11.8 Å². The van der Waals surface area contributed by atoms with Crippen LogP contribution in [0.2, 0.25) is 0 Å². The highest BCUT2D eigenvalue weighted by Crippen LogP contribution is 1.98. The molecule has 0 aliphatic carbocycles. The summed E-state index contributed by atoms with van der Waals surface area (Å²) in [6.45, 7) is 4.96. The van der Waals surface area contributed by atoms with E-state index < -0.39 is 6.04 Å². The molecule has 0 aromatic heterocycles. The highest BCUT2D eigenvalue weighted by atomic mass is 16.2. The summed E-state index contributed by atoms with van der Waals surface area (Å²) < 4.78 is 0. The molecule has 5 heteroatoms. The SMILES string of the molecule is CCNC(=O)C(N)CCCCNC(=O)CC. The average Bonchev–Trinajstić information content (AvgIpc) is 2.28. The number of rotatable bonds is 8. The summed E-state index contributed by atoms with van der Waals surface area (Å²) in [7, 11) is 0. The van der Waals surface area contributed by atoms with Crippen LogP contribution >= 0.6 is 0 Å². The molecule has 0 aromatic rings. The van der Waals surface area contributed by atoms with Gasteiger partial charge in [-0.15, -0.1) is 0 Å². The van der Waals surface area contributed by atoms with Gasteiger partial charge in [-0.1, -0.05) is 6.92 Å². The molecule has 5 nitrogen and oxygen atoms in total. The lowest BCUT2D eigenvalue weighted by Crippen LogP contribution is -2.40. The molecule has 0 aromatic carbocycles. The molecule has 0 aliphatic heterocycles. The molecule has 0 fully saturated rings. The third-order valence-corrected chi connectivity index (χ3v) is 2.27. The Labute approximate surface area is 97.2 Å². The quantitative estimate of drug-likeness (QED) is 0.518. The van der Waals surface area contributed by atoms with Crippen molar-refractivity contribution in [1.29, 1.82) is 0 Å². The number of amides is 2. The van der Waals surface area contributed by atoms with Crippen LogP contribution in [0.5, 0.6) is 0 Å². The van der Waals surface area contributed by atoms with Crippen molar-refractivity contribution in [2.75, 3.05) is 13.1 Å². The Hall–Kier alpha value is -1.10. The molecule has 1 unspecified atom stereocenters. The fraction of sp³-hybridized carbons (Fsp3) is 0.818. The van der Waals surface area contributed by atoms with Crippen LogP contribution in [-0.2, 0) is 9.59 Å². The summed E-state index contributed by atoms with van der Waals surface area (Å²) in [6.07, 6.45) is 2.88. The molecule has 16 heavy (non-hydrogen) atoms. The second-order valence-corrected chi connectivity index (χ2v) is 3.70. The van der Waals surface area contributed by atoms with Crippen LogP contribution in [0.4, 0.5) is 0 Å². The summed E-state index contributed by atoms with van der Waals surface area (Å²) in [5, 5.41) is 5.46. The normalized spacial score (nSPS) is 11.9. The van der Waals surface area contributed by atoms with Crippen molar-refractivity contribution in [2.45, 2.75) is 45.6 Å². The molecular formula is C11H23N3O2. The van der Waals surface area contributed by atoms with Gasteiger partial charge in [-0.3, -0.25) is 9.59 Å². The second kappa shape index (κ2) is 9.15. The molecule has 0 heterocycles. The van der Waals surface area contributed by atoms with Crippen LogP contribution in [0, 0.1) is 0 Å². The predicted molar refractivity (Wildman–Crippen MR) is 63.8 cm³/mol. The highest BCUT2D eigenvalue weighted by molar-refractivity contribution is 5.81. The zero-order valence-corrected chi connectivity index (χ0v) is 10.2. The van der Waals surface area contributed by atoms with Gasteiger partial charge < -0.3 is 16.4 Å². The number of carbonyl (C=O) groups excluding carboxylic acids is 2. The lowest BCUT2D eigenvalue weighted by Gasteiger charge is -2.10. The standard InChI is InChI=1S/C11H23N3O2/c1-3-10(15)14-8-6-5-7-9(12)11(16)13-4-2/h9H,3-8,12H2,1-2H3,(H,13,16)(H,14,15). The molecule has 1 atom stereocenters. The third-order valence-electron chi connectivity index (χ3n) is 2.27. The first kappa shape index (κ1) is 14.9. The molecule has 4 N–H and O–H groups in total. The smallest absolute Gasteiger partial charge is 0.236 e. The molecule has 2 amide bonds. The van der Waals surface area contributed by atoms with Crippen molar-refractivity contribution in [3.63, 3.8) is 0 Å². The van der Waals surface area contributed by atoms with E-state index in [0.29, 0.717) is 25.9 Å². The first-order valence-electron chi connectivity index (χ1n) is 5.91. The number of carbonyl (C=O) groups is 2. The minimum atomic E-state index is -0.429. The highest BCUT2D eigenvalue weighted by Gasteiger charge is 2.11. The molecule has 0 radical (unpaired) electrons. The second-order valence-electron chi connectivity index (χ2n) is 3.70. The Bertz CT molecular complexity index is 219. The van der Waals surface area contributed by atoms with E-state index in [0.717, 1.165) is 12.8 Å². The van der Waals surface area contributed by atoms with Crippen LogP contribution in [0.15, 0.2) is 0 Å². The van der Waals surface area contributed by atoms with Gasteiger partial charge in [0.05, 0.1) is 6.04 Å². The first-order chi connectivity index (χ1) is 7.61. The summed E-state index contributed by atoms with van der Waals surface area (Å²) in [5.74, 6) is -0.0341. The number of nitrogens with one attached hydrogen (secondary N) is 2. The van der Waals surface area contributed by atoms with E-state index in [9.17, 15) is 9.59 Å². The summed E-state index contributed by atoms with van der Waals surface area (Å²) >= 11 is 0. The van der Waals surface area contributed by atoms with Crippen LogP contribution in [0.1, 0.15) is 39.5 Å². The fourth-order valence-corrected chi connectivity index (χ4v) is 1.28. The minimum absolute atomic E-state index is 0.0630. The molecule has 0 bridgehead atoms. The van der Waals surface area contributed by atoms with Crippen LogP contribution in [0.3, 0.4) is 0 Å². The Morgan fingerprint density at radius 1 is 1.19 bits per heavy atom. The van der Waals surface area contributed by atoms with Crippen LogP contribution < -0.4 is 16.4 Å². The minimum Gasteiger partial charge on any atom is -0.356 e. The summed E-state index contributed by atoms with van der Waals surface area (Å²) in [5.41, 5.74) is 5.67. The van der Waals surface area contributed by atoms with E-state index in [1.807, 2.05) is 13.8 Å². The lowest BCUT2D eigenvalue weighted by molar-refractivity contribution is -0.122. The number of nitrogens with two attached hydrogens (primary N) is 1. The largest absolute Gasteiger partial charge is 0.356 e. The molecule has 94 valence electrons. The summed E-state index contributed by atoms with van der Waals surface area (Å²) in [6, 6.07) is -0.429. The van der Waals surface area contributed by atoms with Crippen molar-refractivity contribution in [2.24, 2.45) is 5.73 Å². The van der Waals surface area contributed by atoms with Gasteiger partial charge in [0.2, 0.25) is 11.8 Å². The van der Waals surface area contributed by atoms with Crippen LogP contribution in [-0.4, -0.2) is 30.9 Å². The maximum Gasteiger partial charge on any atom is 0.236 e. The first-order valence-corrected chi connectivity index (χ1v) is 5.91. The molecular weight excluding hydrogens is 206 g/mol. The van der Waals surface area contributed by atoms with E-state index in [2.05, 4.69) is 10.6 Å². The van der Waals surface area contributed by atoms with Gasteiger partial charge >= 0.3 is 0 Å². The van der Waals surface area contributed by atoms with Gasteiger partial charge in [-0.05, 0) is 26.2 Å². The van der Waals surface area contributed by atoms with E-state index >= 15 is 0 Å². The van der Waals surface area contributed by atoms with Gasteiger partial charge in [-0.25, -0.2) is 0 Å². The number of hydrogen-bond acceptors (Lipinski definition) is 3. The van der Waals surface area contributed by atoms with E-state index in [4.69, 9.17) is 5.73 Å².